The highest BCUT2D eigenvalue weighted by atomic mass is 16.5. The quantitative estimate of drug-likeness (QED) is 0.655. The van der Waals surface area contributed by atoms with E-state index in [9.17, 15) is 0 Å². The molecule has 2 aliphatic heterocycles. The maximum atomic E-state index is 6.01. The van der Waals surface area contributed by atoms with Gasteiger partial charge in [-0.2, -0.15) is 0 Å². The van der Waals surface area contributed by atoms with Gasteiger partial charge in [-0.1, -0.05) is 18.2 Å². The molecule has 0 amide bonds. The molecular formula is C16H23N3O2. The summed E-state index contributed by atoms with van der Waals surface area (Å²) >= 11 is 0. The van der Waals surface area contributed by atoms with Crippen molar-refractivity contribution in [3.8, 4) is 5.75 Å². The summed E-state index contributed by atoms with van der Waals surface area (Å²) in [6.45, 7) is 3.23. The molecule has 3 N–H and O–H groups in total. The highest BCUT2D eigenvalue weighted by Gasteiger charge is 2.21. The van der Waals surface area contributed by atoms with E-state index < -0.39 is 0 Å². The molecule has 1 fully saturated rings. The lowest BCUT2D eigenvalue weighted by atomic mass is 10.0. The zero-order valence-electron chi connectivity index (χ0n) is 12.3. The van der Waals surface area contributed by atoms with Gasteiger partial charge in [-0.15, -0.1) is 0 Å². The van der Waals surface area contributed by atoms with Crippen molar-refractivity contribution in [2.45, 2.75) is 25.3 Å². The molecule has 114 valence electrons. The Morgan fingerprint density at radius 2 is 2.19 bits per heavy atom. The first-order chi connectivity index (χ1) is 10.3. The molecule has 0 saturated carbocycles. The lowest BCUT2D eigenvalue weighted by Crippen LogP contribution is -2.37. The molecule has 2 heterocycles. The zero-order chi connectivity index (χ0) is 14.5. The van der Waals surface area contributed by atoms with Crippen molar-refractivity contribution >= 4 is 5.96 Å². The molecule has 5 heteroatoms. The van der Waals surface area contributed by atoms with Gasteiger partial charge in [0.15, 0.2) is 5.96 Å². The van der Waals surface area contributed by atoms with Gasteiger partial charge in [-0.3, -0.25) is 4.99 Å². The smallest absolute Gasteiger partial charge is 0.189 e. The van der Waals surface area contributed by atoms with Crippen LogP contribution in [0.4, 0.5) is 0 Å². The van der Waals surface area contributed by atoms with E-state index in [0.717, 1.165) is 50.3 Å². The number of hydrogen-bond acceptors (Lipinski definition) is 3. The monoisotopic (exact) mass is 289 g/mol. The normalized spacial score (nSPS) is 25.2. The van der Waals surface area contributed by atoms with Crippen LogP contribution in [0, 0.1) is 5.92 Å². The van der Waals surface area contributed by atoms with Gasteiger partial charge in [0.2, 0.25) is 0 Å². The number of nitrogens with zero attached hydrogens (tertiary/aromatic N) is 1. The number of ether oxygens (including phenoxy) is 2. The molecule has 0 radical (unpaired) electrons. The van der Waals surface area contributed by atoms with Gasteiger partial charge in [0.05, 0.1) is 12.6 Å². The standard InChI is InChI=1S/C16H23N3O2/c17-16(18-8-5-12-6-9-20-11-12)19-14-7-10-21-15-4-2-1-3-13(14)15/h1-4,12,14H,5-11H2,(H3,17,18,19). The maximum Gasteiger partial charge on any atom is 0.189 e. The Hall–Kier alpha value is -1.75. The Bertz CT molecular complexity index is 498. The Balaban J connectivity index is 1.53. The van der Waals surface area contributed by atoms with E-state index in [1.807, 2.05) is 18.2 Å². The van der Waals surface area contributed by atoms with E-state index in [0.29, 0.717) is 18.5 Å². The molecule has 1 saturated heterocycles. The van der Waals surface area contributed by atoms with Crippen LogP contribution in [0.3, 0.4) is 0 Å². The number of rotatable bonds is 4. The van der Waals surface area contributed by atoms with Gasteiger partial charge >= 0.3 is 0 Å². The molecule has 0 bridgehead atoms. The highest BCUT2D eigenvalue weighted by Crippen LogP contribution is 2.31. The molecule has 0 spiro atoms. The number of hydrogen-bond donors (Lipinski definition) is 2. The van der Waals surface area contributed by atoms with Crippen molar-refractivity contribution in [3.05, 3.63) is 29.8 Å². The maximum absolute atomic E-state index is 6.01. The average molecular weight is 289 g/mol. The average Bonchev–Trinajstić information content (AvgIpc) is 3.01. The summed E-state index contributed by atoms with van der Waals surface area (Å²) in [6, 6.07) is 8.28. The number of nitrogens with two attached hydrogens (primary N) is 1. The topological polar surface area (TPSA) is 68.9 Å². The van der Waals surface area contributed by atoms with Crippen LogP contribution in [-0.4, -0.2) is 32.3 Å². The van der Waals surface area contributed by atoms with Crippen molar-refractivity contribution in [2.75, 3.05) is 26.4 Å². The van der Waals surface area contributed by atoms with Crippen LogP contribution in [0.5, 0.6) is 5.75 Å². The number of nitrogens with one attached hydrogen (secondary N) is 1. The van der Waals surface area contributed by atoms with Crippen molar-refractivity contribution in [1.29, 1.82) is 0 Å². The fourth-order valence-electron chi connectivity index (χ4n) is 2.89. The SMILES string of the molecule is NC(=NCCC1CCOC1)NC1CCOc2ccccc21. The Labute approximate surface area is 125 Å². The van der Waals surface area contributed by atoms with Crippen LogP contribution in [0.1, 0.15) is 30.9 Å². The minimum absolute atomic E-state index is 0.188. The summed E-state index contributed by atoms with van der Waals surface area (Å²) in [6.07, 6.45) is 3.10. The summed E-state index contributed by atoms with van der Waals surface area (Å²) in [5.41, 5.74) is 7.17. The molecular weight excluding hydrogens is 266 g/mol. The molecule has 21 heavy (non-hydrogen) atoms. The summed E-state index contributed by atoms with van der Waals surface area (Å²) in [7, 11) is 0. The number of aliphatic imine (C=N–C) groups is 1. The van der Waals surface area contributed by atoms with E-state index >= 15 is 0 Å². The van der Waals surface area contributed by atoms with Gasteiger partial charge in [0.1, 0.15) is 5.75 Å². The van der Waals surface area contributed by atoms with Crippen LogP contribution in [0.15, 0.2) is 29.3 Å². The third-order valence-electron chi connectivity index (χ3n) is 4.12. The lowest BCUT2D eigenvalue weighted by molar-refractivity contribution is 0.184. The third-order valence-corrected chi connectivity index (χ3v) is 4.12. The predicted molar refractivity (Wildman–Crippen MR) is 82.5 cm³/mol. The molecule has 1 aromatic carbocycles. The summed E-state index contributed by atoms with van der Waals surface area (Å²) < 4.78 is 11.0. The van der Waals surface area contributed by atoms with E-state index in [-0.39, 0.29) is 6.04 Å². The summed E-state index contributed by atoms with van der Waals surface area (Å²) in [5.74, 6) is 2.11. The Morgan fingerprint density at radius 3 is 3.05 bits per heavy atom. The van der Waals surface area contributed by atoms with Crippen LogP contribution in [-0.2, 0) is 4.74 Å². The number of guanidine groups is 1. The lowest BCUT2D eigenvalue weighted by Gasteiger charge is -2.27. The van der Waals surface area contributed by atoms with E-state index in [2.05, 4.69) is 16.4 Å². The first-order valence-corrected chi connectivity index (χ1v) is 7.69. The molecule has 2 unspecified atom stereocenters. The van der Waals surface area contributed by atoms with Gasteiger partial charge in [-0.05, 0) is 24.8 Å². The van der Waals surface area contributed by atoms with E-state index in [1.54, 1.807) is 0 Å². The van der Waals surface area contributed by atoms with Crippen LogP contribution in [0.2, 0.25) is 0 Å². The molecule has 2 aliphatic rings. The number of fused-ring (bicyclic) bond motifs is 1. The van der Waals surface area contributed by atoms with Crippen molar-refractivity contribution < 1.29 is 9.47 Å². The van der Waals surface area contributed by atoms with Gasteiger partial charge in [0, 0.05) is 31.7 Å². The zero-order valence-corrected chi connectivity index (χ0v) is 12.3. The molecule has 0 aromatic heterocycles. The highest BCUT2D eigenvalue weighted by molar-refractivity contribution is 5.78. The minimum Gasteiger partial charge on any atom is -0.493 e. The van der Waals surface area contributed by atoms with Gasteiger partial charge < -0.3 is 20.5 Å². The number of benzene rings is 1. The second-order valence-electron chi connectivity index (χ2n) is 5.66. The molecule has 5 nitrogen and oxygen atoms in total. The van der Waals surface area contributed by atoms with Gasteiger partial charge in [-0.25, -0.2) is 0 Å². The second kappa shape index (κ2) is 6.80. The van der Waals surface area contributed by atoms with Crippen molar-refractivity contribution in [3.63, 3.8) is 0 Å². The molecule has 0 aliphatic carbocycles. The second-order valence-corrected chi connectivity index (χ2v) is 5.66. The van der Waals surface area contributed by atoms with Gasteiger partial charge in [0.25, 0.3) is 0 Å². The van der Waals surface area contributed by atoms with Crippen LogP contribution in [0.25, 0.3) is 0 Å². The van der Waals surface area contributed by atoms with Crippen LogP contribution >= 0.6 is 0 Å². The summed E-state index contributed by atoms with van der Waals surface area (Å²) in [4.78, 5) is 4.44. The number of para-hydroxylation sites is 1. The first kappa shape index (κ1) is 14.2. The fourth-order valence-corrected chi connectivity index (χ4v) is 2.89. The van der Waals surface area contributed by atoms with E-state index in [1.165, 1.54) is 0 Å². The van der Waals surface area contributed by atoms with Crippen LogP contribution < -0.4 is 15.8 Å². The Kier molecular flexibility index (Phi) is 4.60. The minimum atomic E-state index is 0.188. The summed E-state index contributed by atoms with van der Waals surface area (Å²) in [5, 5.41) is 3.32. The van der Waals surface area contributed by atoms with Crippen molar-refractivity contribution in [2.24, 2.45) is 16.6 Å². The third kappa shape index (κ3) is 3.67. The fraction of sp³-hybridized carbons (Fsp3) is 0.562. The first-order valence-electron chi connectivity index (χ1n) is 7.69. The van der Waals surface area contributed by atoms with Crippen molar-refractivity contribution in [1.82, 2.24) is 5.32 Å². The Morgan fingerprint density at radius 1 is 1.29 bits per heavy atom. The molecule has 3 rings (SSSR count). The van der Waals surface area contributed by atoms with E-state index in [4.69, 9.17) is 15.2 Å². The predicted octanol–water partition coefficient (Wildman–Crippen LogP) is 1.84. The molecule has 2 atom stereocenters. The molecule has 1 aromatic rings. The largest absolute Gasteiger partial charge is 0.493 e.